The van der Waals surface area contributed by atoms with E-state index in [1.165, 1.54) is 21.8 Å². The largest absolute Gasteiger partial charge is 0.494 e. The number of carbonyl (C=O) groups excluding carboxylic acids is 1. The summed E-state index contributed by atoms with van der Waals surface area (Å²) >= 11 is 5.22. The average molecular weight is 352 g/mol. The van der Waals surface area contributed by atoms with Crippen LogP contribution in [-0.2, 0) is 17.9 Å². The summed E-state index contributed by atoms with van der Waals surface area (Å²) in [5.41, 5.74) is 2.09. The summed E-state index contributed by atoms with van der Waals surface area (Å²) in [6.07, 6.45) is 6.22. The van der Waals surface area contributed by atoms with Gasteiger partial charge in [-0.15, -0.1) is 0 Å². The SMILES string of the molecule is CCn1c(O)c(C=NNC(=O)C2CCCCC2)c(=O)n(CC)c1=S. The predicted molar refractivity (Wildman–Crippen MR) is 94.9 cm³/mol. The lowest BCUT2D eigenvalue weighted by atomic mass is 9.89. The summed E-state index contributed by atoms with van der Waals surface area (Å²) in [5.74, 6) is -0.384. The third-order valence-corrected chi connectivity index (χ3v) is 4.85. The Morgan fingerprint density at radius 3 is 2.50 bits per heavy atom. The van der Waals surface area contributed by atoms with Gasteiger partial charge in [-0.25, -0.2) is 5.43 Å². The Morgan fingerprint density at radius 1 is 1.29 bits per heavy atom. The van der Waals surface area contributed by atoms with Crippen molar-refractivity contribution in [2.45, 2.75) is 59.0 Å². The second-order valence-corrected chi connectivity index (χ2v) is 6.25. The molecular weight excluding hydrogens is 328 g/mol. The van der Waals surface area contributed by atoms with Gasteiger partial charge in [0, 0.05) is 19.0 Å². The Morgan fingerprint density at radius 2 is 1.92 bits per heavy atom. The van der Waals surface area contributed by atoms with Gasteiger partial charge in [-0.1, -0.05) is 19.3 Å². The molecule has 0 saturated heterocycles. The van der Waals surface area contributed by atoms with E-state index in [-0.39, 0.29) is 28.0 Å². The molecule has 2 N–H and O–H groups in total. The third kappa shape index (κ3) is 3.75. The zero-order valence-corrected chi connectivity index (χ0v) is 14.9. The second-order valence-electron chi connectivity index (χ2n) is 5.88. The highest BCUT2D eigenvalue weighted by atomic mass is 32.1. The number of nitrogens with one attached hydrogen (secondary N) is 1. The number of hydrogen-bond donors (Lipinski definition) is 2. The normalized spacial score (nSPS) is 15.8. The summed E-state index contributed by atoms with van der Waals surface area (Å²) in [6, 6.07) is 0. The van der Waals surface area contributed by atoms with Gasteiger partial charge in [0.15, 0.2) is 4.77 Å². The molecule has 8 heteroatoms. The highest BCUT2D eigenvalue weighted by Crippen LogP contribution is 2.23. The van der Waals surface area contributed by atoms with Gasteiger partial charge >= 0.3 is 0 Å². The van der Waals surface area contributed by atoms with Gasteiger partial charge < -0.3 is 5.11 Å². The van der Waals surface area contributed by atoms with Gasteiger partial charge in [-0.05, 0) is 38.9 Å². The molecule has 7 nitrogen and oxygen atoms in total. The number of nitrogens with zero attached hydrogens (tertiary/aromatic N) is 3. The maximum atomic E-state index is 12.4. The zero-order valence-electron chi connectivity index (χ0n) is 14.1. The van der Waals surface area contributed by atoms with Crippen LogP contribution in [0.2, 0.25) is 0 Å². The summed E-state index contributed by atoms with van der Waals surface area (Å²) < 4.78 is 3.12. The zero-order chi connectivity index (χ0) is 17.7. The van der Waals surface area contributed by atoms with Crippen LogP contribution in [-0.4, -0.2) is 26.4 Å². The lowest BCUT2D eigenvalue weighted by Crippen LogP contribution is -2.30. The van der Waals surface area contributed by atoms with E-state index in [1.54, 1.807) is 6.92 Å². The molecule has 0 radical (unpaired) electrons. The summed E-state index contributed by atoms with van der Waals surface area (Å²) in [5, 5.41) is 14.1. The maximum absolute atomic E-state index is 12.4. The van der Waals surface area contributed by atoms with Crippen molar-refractivity contribution >= 4 is 24.3 Å². The Kier molecular flexibility index (Phi) is 6.30. The Bertz CT molecular complexity index is 745. The van der Waals surface area contributed by atoms with Gasteiger partial charge in [0.05, 0.1) is 6.21 Å². The molecule has 0 atom stereocenters. The quantitative estimate of drug-likeness (QED) is 0.483. The van der Waals surface area contributed by atoms with Crippen molar-refractivity contribution in [2.75, 3.05) is 0 Å². The molecule has 1 aromatic heterocycles. The number of hydrazone groups is 1. The molecular formula is C16H24N4O3S. The molecule has 0 aliphatic heterocycles. The molecule has 1 amide bonds. The standard InChI is InChI=1S/C16H24N4O3S/c1-3-19-14(22)12(15(23)20(4-2)16(19)24)10-17-18-13(21)11-8-6-5-7-9-11/h10-11,22H,3-9H2,1-2H3,(H,18,21). The van der Waals surface area contributed by atoms with Crippen LogP contribution in [0.3, 0.4) is 0 Å². The van der Waals surface area contributed by atoms with Gasteiger partial charge in [0.2, 0.25) is 11.8 Å². The van der Waals surface area contributed by atoms with E-state index in [4.69, 9.17) is 12.2 Å². The number of amides is 1. The van der Waals surface area contributed by atoms with Crippen molar-refractivity contribution in [3.63, 3.8) is 0 Å². The van der Waals surface area contributed by atoms with Crippen LogP contribution in [0.4, 0.5) is 0 Å². The summed E-state index contributed by atoms with van der Waals surface area (Å²) in [7, 11) is 0. The molecule has 0 bridgehead atoms. The van der Waals surface area contributed by atoms with Crippen molar-refractivity contribution in [3.05, 3.63) is 20.7 Å². The van der Waals surface area contributed by atoms with Crippen molar-refractivity contribution in [1.82, 2.24) is 14.6 Å². The molecule has 132 valence electrons. The fraction of sp³-hybridized carbons (Fsp3) is 0.625. The molecule has 1 aromatic rings. The first-order chi connectivity index (χ1) is 11.5. The minimum atomic E-state index is -0.416. The van der Waals surface area contributed by atoms with E-state index < -0.39 is 5.56 Å². The second kappa shape index (κ2) is 8.23. The molecule has 0 spiro atoms. The van der Waals surface area contributed by atoms with E-state index in [0.29, 0.717) is 13.1 Å². The van der Waals surface area contributed by atoms with Crippen molar-refractivity contribution < 1.29 is 9.90 Å². The van der Waals surface area contributed by atoms with Crippen LogP contribution in [0.1, 0.15) is 51.5 Å². The van der Waals surface area contributed by atoms with Gasteiger partial charge in [0.25, 0.3) is 5.56 Å². The monoisotopic (exact) mass is 352 g/mol. The maximum Gasteiger partial charge on any atom is 0.267 e. The van der Waals surface area contributed by atoms with E-state index in [0.717, 1.165) is 25.7 Å². The van der Waals surface area contributed by atoms with Crippen LogP contribution >= 0.6 is 12.2 Å². The Labute approximate surface area is 146 Å². The summed E-state index contributed by atoms with van der Waals surface area (Å²) in [6.45, 7) is 4.46. The summed E-state index contributed by atoms with van der Waals surface area (Å²) in [4.78, 5) is 24.5. The van der Waals surface area contributed by atoms with Crippen LogP contribution in [0.25, 0.3) is 0 Å². The molecule has 1 saturated carbocycles. The number of aromatic nitrogens is 2. The van der Waals surface area contributed by atoms with Crippen molar-refractivity contribution in [3.8, 4) is 5.88 Å². The molecule has 1 heterocycles. The third-order valence-electron chi connectivity index (χ3n) is 4.41. The molecule has 1 aliphatic carbocycles. The molecule has 1 fully saturated rings. The lowest BCUT2D eigenvalue weighted by molar-refractivity contribution is -0.125. The van der Waals surface area contributed by atoms with Crippen molar-refractivity contribution in [1.29, 1.82) is 0 Å². The Balaban J connectivity index is 2.24. The molecule has 0 aromatic carbocycles. The first kappa shape index (κ1) is 18.4. The number of rotatable bonds is 5. The van der Waals surface area contributed by atoms with Crippen LogP contribution in [0.5, 0.6) is 5.88 Å². The van der Waals surface area contributed by atoms with E-state index in [1.807, 2.05) is 6.92 Å². The molecule has 24 heavy (non-hydrogen) atoms. The first-order valence-electron chi connectivity index (χ1n) is 8.40. The lowest BCUT2D eigenvalue weighted by Gasteiger charge is -2.19. The first-order valence-corrected chi connectivity index (χ1v) is 8.81. The van der Waals surface area contributed by atoms with Crippen LogP contribution < -0.4 is 11.0 Å². The highest BCUT2D eigenvalue weighted by molar-refractivity contribution is 7.71. The minimum Gasteiger partial charge on any atom is -0.494 e. The van der Waals surface area contributed by atoms with Crippen LogP contribution in [0.15, 0.2) is 9.90 Å². The molecule has 1 aliphatic rings. The fourth-order valence-corrected chi connectivity index (χ4v) is 3.43. The van der Waals surface area contributed by atoms with E-state index >= 15 is 0 Å². The molecule has 0 unspecified atom stereocenters. The number of hydrogen-bond acceptors (Lipinski definition) is 5. The van der Waals surface area contributed by atoms with Crippen molar-refractivity contribution in [2.24, 2.45) is 11.0 Å². The average Bonchev–Trinajstić information content (AvgIpc) is 2.59. The number of aromatic hydroxyl groups is 1. The van der Waals surface area contributed by atoms with Crippen LogP contribution in [0, 0.1) is 10.7 Å². The van der Waals surface area contributed by atoms with E-state index in [2.05, 4.69) is 10.5 Å². The predicted octanol–water partition coefficient (Wildman–Crippen LogP) is 2.16. The minimum absolute atomic E-state index is 0.0209. The highest BCUT2D eigenvalue weighted by Gasteiger charge is 2.20. The smallest absolute Gasteiger partial charge is 0.267 e. The topological polar surface area (TPSA) is 88.6 Å². The fourth-order valence-electron chi connectivity index (χ4n) is 3.00. The Hall–Kier alpha value is -1.96. The number of carbonyl (C=O) groups is 1. The van der Waals surface area contributed by atoms with Gasteiger partial charge in [-0.3, -0.25) is 18.7 Å². The van der Waals surface area contributed by atoms with E-state index in [9.17, 15) is 14.7 Å². The molecule has 2 rings (SSSR count). The van der Waals surface area contributed by atoms with Gasteiger partial charge in [-0.2, -0.15) is 5.10 Å². The van der Waals surface area contributed by atoms with Gasteiger partial charge in [0.1, 0.15) is 5.56 Å².